The minimum Gasteiger partial charge on any atom is -0.393 e. The molecule has 3 fully saturated rings. The fraction of sp³-hybridized carbons (Fsp3) is 0.867. The highest BCUT2D eigenvalue weighted by molar-refractivity contribution is 5.28. The lowest BCUT2D eigenvalue weighted by atomic mass is 9.46. The summed E-state index contributed by atoms with van der Waals surface area (Å²) in [5.74, 6) is 4.37. The summed E-state index contributed by atoms with van der Waals surface area (Å²) in [5, 5.41) is 10.5. The van der Waals surface area contributed by atoms with Crippen molar-refractivity contribution in [3.63, 3.8) is 0 Å². The van der Waals surface area contributed by atoms with Gasteiger partial charge >= 0.3 is 0 Å². The van der Waals surface area contributed by atoms with Gasteiger partial charge in [-0.05, 0) is 110 Å². The minimum absolute atomic E-state index is 0.0820. The third kappa shape index (κ3) is 3.79. The van der Waals surface area contributed by atoms with Gasteiger partial charge in [-0.2, -0.15) is 0 Å². The molecule has 0 unspecified atom stereocenters. The number of aliphatic hydroxyl groups excluding tert-OH is 1. The molecule has 31 heavy (non-hydrogen) atoms. The van der Waals surface area contributed by atoms with Crippen LogP contribution in [0.15, 0.2) is 23.8 Å². The van der Waals surface area contributed by atoms with Gasteiger partial charge in [-0.3, -0.25) is 0 Å². The second-order valence-corrected chi connectivity index (χ2v) is 13.7. The van der Waals surface area contributed by atoms with Gasteiger partial charge in [0.05, 0.1) is 6.10 Å². The molecule has 4 rings (SSSR count). The lowest BCUT2D eigenvalue weighted by Gasteiger charge is -2.59. The zero-order chi connectivity index (χ0) is 22.8. The Bertz CT molecular complexity index is 725. The Kier molecular flexibility index (Phi) is 6.11. The Labute approximate surface area is 193 Å². The van der Waals surface area contributed by atoms with Crippen molar-refractivity contribution in [2.45, 2.75) is 112 Å². The van der Waals surface area contributed by atoms with Crippen LogP contribution in [0, 0.1) is 51.8 Å². The Hall–Kier alpha value is -0.560. The normalized spacial score (nSPS) is 45.9. The molecule has 1 nitrogen and oxygen atoms in total. The first kappa shape index (κ1) is 23.6. The van der Waals surface area contributed by atoms with Crippen LogP contribution in [0.4, 0.5) is 0 Å². The van der Waals surface area contributed by atoms with Crippen LogP contribution in [0.25, 0.3) is 0 Å². The highest BCUT2D eigenvalue weighted by Gasteiger charge is 2.59. The summed E-state index contributed by atoms with van der Waals surface area (Å²) in [7, 11) is 0. The van der Waals surface area contributed by atoms with Crippen LogP contribution in [0.3, 0.4) is 0 Å². The Morgan fingerprint density at radius 2 is 1.74 bits per heavy atom. The molecule has 1 heteroatoms. The molecule has 0 spiro atoms. The number of aliphatic hydroxyl groups is 1. The van der Waals surface area contributed by atoms with Crippen LogP contribution in [0.1, 0.15) is 106 Å². The lowest BCUT2D eigenvalue weighted by Crippen LogP contribution is -2.52. The summed E-state index contributed by atoms with van der Waals surface area (Å²) in [5.41, 5.74) is 4.42. The van der Waals surface area contributed by atoms with E-state index in [9.17, 15) is 5.11 Å². The molecule has 9 atom stereocenters. The van der Waals surface area contributed by atoms with Crippen molar-refractivity contribution >= 4 is 0 Å². The van der Waals surface area contributed by atoms with Gasteiger partial charge in [-0.15, -0.1) is 0 Å². The third-order valence-electron chi connectivity index (χ3n) is 11.3. The predicted octanol–water partition coefficient (Wildman–Crippen LogP) is 8.19. The summed E-state index contributed by atoms with van der Waals surface area (Å²) in [6.07, 6.45) is 14.2. The van der Waals surface area contributed by atoms with Crippen LogP contribution >= 0.6 is 0 Å². The van der Waals surface area contributed by atoms with Crippen molar-refractivity contribution in [2.75, 3.05) is 0 Å². The molecule has 0 amide bonds. The second-order valence-electron chi connectivity index (χ2n) is 13.7. The molecule has 3 saturated carbocycles. The van der Waals surface area contributed by atoms with E-state index < -0.39 is 0 Å². The van der Waals surface area contributed by atoms with Crippen molar-refractivity contribution in [3.05, 3.63) is 23.8 Å². The molecular formula is C30H50O. The average Bonchev–Trinajstić information content (AvgIpc) is 3.05. The van der Waals surface area contributed by atoms with Crippen LogP contribution in [0.5, 0.6) is 0 Å². The molecule has 0 aromatic rings. The first-order valence-corrected chi connectivity index (χ1v) is 13.5. The van der Waals surface area contributed by atoms with E-state index >= 15 is 0 Å². The van der Waals surface area contributed by atoms with Gasteiger partial charge in [0.15, 0.2) is 0 Å². The molecule has 0 saturated heterocycles. The van der Waals surface area contributed by atoms with Crippen molar-refractivity contribution in [1.29, 1.82) is 0 Å². The molecule has 0 aliphatic heterocycles. The quantitative estimate of drug-likeness (QED) is 0.449. The van der Waals surface area contributed by atoms with Crippen LogP contribution in [-0.4, -0.2) is 11.2 Å². The van der Waals surface area contributed by atoms with Crippen LogP contribution in [-0.2, 0) is 0 Å². The molecule has 1 N–H and O–H groups in total. The van der Waals surface area contributed by atoms with Gasteiger partial charge in [0, 0.05) is 0 Å². The predicted molar refractivity (Wildman–Crippen MR) is 133 cm³/mol. The van der Waals surface area contributed by atoms with E-state index in [0.29, 0.717) is 22.7 Å². The topological polar surface area (TPSA) is 20.2 Å². The van der Waals surface area contributed by atoms with Gasteiger partial charge in [-0.25, -0.2) is 0 Å². The fourth-order valence-corrected chi connectivity index (χ4v) is 8.90. The van der Waals surface area contributed by atoms with E-state index in [2.05, 4.69) is 61.1 Å². The van der Waals surface area contributed by atoms with Gasteiger partial charge in [0.2, 0.25) is 0 Å². The summed E-state index contributed by atoms with van der Waals surface area (Å²) in [4.78, 5) is 0. The van der Waals surface area contributed by atoms with Crippen LogP contribution < -0.4 is 0 Å². The smallest absolute Gasteiger partial charge is 0.0568 e. The minimum atomic E-state index is -0.0820. The SMILES string of the molecule is C=C(CC[C@@H](C)[C@H]1CC[C@H]2C3=CC[C@H]4[C@H](C)[C@@H](O)CC[C@]4(C)[C@H]3CC[C@]12C)C(C)(C)C. The maximum atomic E-state index is 10.5. The van der Waals surface area contributed by atoms with E-state index in [1.165, 1.54) is 56.9 Å². The van der Waals surface area contributed by atoms with Gasteiger partial charge < -0.3 is 5.11 Å². The van der Waals surface area contributed by atoms with Crippen LogP contribution in [0.2, 0.25) is 0 Å². The first-order chi connectivity index (χ1) is 14.4. The number of allylic oxidation sites excluding steroid dienone is 3. The molecule has 0 aromatic heterocycles. The zero-order valence-electron chi connectivity index (χ0n) is 21.6. The first-order valence-electron chi connectivity index (χ1n) is 13.5. The molecule has 176 valence electrons. The molecule has 0 aromatic carbocycles. The largest absolute Gasteiger partial charge is 0.393 e. The monoisotopic (exact) mass is 426 g/mol. The molecule has 0 radical (unpaired) electrons. The summed E-state index contributed by atoms with van der Waals surface area (Å²) < 4.78 is 0. The Morgan fingerprint density at radius 3 is 2.42 bits per heavy atom. The maximum Gasteiger partial charge on any atom is 0.0568 e. The Morgan fingerprint density at radius 1 is 1.10 bits per heavy atom. The number of fused-ring (bicyclic) bond motifs is 5. The van der Waals surface area contributed by atoms with Crippen molar-refractivity contribution in [3.8, 4) is 0 Å². The van der Waals surface area contributed by atoms with E-state index in [1.54, 1.807) is 0 Å². The summed E-state index contributed by atoms with van der Waals surface area (Å²) in [6.45, 7) is 21.4. The van der Waals surface area contributed by atoms with Crippen molar-refractivity contribution < 1.29 is 5.11 Å². The van der Waals surface area contributed by atoms with Crippen molar-refractivity contribution in [2.24, 2.45) is 51.8 Å². The van der Waals surface area contributed by atoms with E-state index in [1.807, 2.05) is 5.57 Å². The highest BCUT2D eigenvalue weighted by atomic mass is 16.3. The standard InChI is InChI=1S/C30H50O/c1-19(9-10-20(2)28(4,5)6)23-13-14-25-22-11-12-24-21(3)27(31)16-18-30(24,8)26(22)15-17-29(23,25)7/h11,19,21,23-27,31H,2,9-10,12-18H2,1,3-8H3/t19-,21+,23-,24+,25+,26+,27+,29-,30+/m1/s1. The lowest BCUT2D eigenvalue weighted by molar-refractivity contribution is -0.0773. The van der Waals surface area contributed by atoms with E-state index in [-0.39, 0.29) is 11.5 Å². The molecule has 4 aliphatic carbocycles. The van der Waals surface area contributed by atoms with Gasteiger partial charge in [0.25, 0.3) is 0 Å². The number of hydrogen-bond acceptors (Lipinski definition) is 1. The molecule has 0 bridgehead atoms. The zero-order valence-corrected chi connectivity index (χ0v) is 21.6. The Balaban J connectivity index is 1.51. The molecule has 4 aliphatic rings. The van der Waals surface area contributed by atoms with Gasteiger partial charge in [0.1, 0.15) is 0 Å². The number of rotatable bonds is 4. The summed E-state index contributed by atoms with van der Waals surface area (Å²) in [6, 6.07) is 0. The van der Waals surface area contributed by atoms with Gasteiger partial charge in [-0.1, -0.05) is 72.3 Å². The second kappa shape index (κ2) is 8.03. The average molecular weight is 427 g/mol. The fourth-order valence-electron chi connectivity index (χ4n) is 8.90. The van der Waals surface area contributed by atoms with E-state index in [4.69, 9.17) is 0 Å². The third-order valence-corrected chi connectivity index (χ3v) is 11.3. The molecule has 0 heterocycles. The maximum absolute atomic E-state index is 10.5. The summed E-state index contributed by atoms with van der Waals surface area (Å²) >= 11 is 0. The number of hydrogen-bond donors (Lipinski definition) is 1. The molecular weight excluding hydrogens is 376 g/mol. The van der Waals surface area contributed by atoms with Crippen molar-refractivity contribution in [1.82, 2.24) is 0 Å². The highest BCUT2D eigenvalue weighted by Crippen LogP contribution is 2.67. The van der Waals surface area contributed by atoms with E-state index in [0.717, 1.165) is 30.1 Å².